The van der Waals surface area contributed by atoms with Crippen LogP contribution in [0, 0.1) is 0 Å². The molecule has 0 saturated heterocycles. The zero-order valence-corrected chi connectivity index (χ0v) is 20.7. The lowest BCUT2D eigenvalue weighted by Gasteiger charge is -2.26. The Balaban J connectivity index is 1.99. The number of fused-ring (bicyclic) bond motifs is 1. The van der Waals surface area contributed by atoms with Gasteiger partial charge in [-0.15, -0.1) is 0 Å². The Kier molecular flexibility index (Phi) is 8.57. The monoisotopic (exact) mass is 466 g/mol. The van der Waals surface area contributed by atoms with Crippen LogP contribution in [-0.4, -0.2) is 33.3 Å². The van der Waals surface area contributed by atoms with Gasteiger partial charge >= 0.3 is 5.89 Å². The molecule has 3 rings (SSSR count). The maximum atomic E-state index is 11.2. The number of carbonyl (C=O) groups excluding carboxylic acids is 1. The highest BCUT2D eigenvalue weighted by molar-refractivity contribution is 5.90. The van der Waals surface area contributed by atoms with Crippen LogP contribution in [0.1, 0.15) is 61.3 Å². The summed E-state index contributed by atoms with van der Waals surface area (Å²) in [5.74, 6) is 0.744. The molecule has 7 nitrogen and oxygen atoms in total. The minimum atomic E-state index is -1.24. The molecule has 0 bridgehead atoms. The maximum absolute atomic E-state index is 11.2. The lowest BCUT2D eigenvalue weighted by Crippen LogP contribution is -2.29. The Morgan fingerprint density at radius 1 is 1.03 bits per heavy atom. The van der Waals surface area contributed by atoms with Crippen LogP contribution in [0.4, 0.5) is 5.69 Å². The Morgan fingerprint density at radius 3 is 2.18 bits per heavy atom. The van der Waals surface area contributed by atoms with E-state index in [2.05, 4.69) is 30.9 Å². The first-order valence-electron chi connectivity index (χ1n) is 11.8. The van der Waals surface area contributed by atoms with Crippen LogP contribution in [0.2, 0.25) is 0 Å². The average Bonchev–Trinajstić information content (AvgIpc) is 3.16. The second-order valence-electron chi connectivity index (χ2n) is 8.26. The van der Waals surface area contributed by atoms with Crippen LogP contribution in [0.5, 0.6) is 11.5 Å². The standard InChI is InChI=1S/C27H34N2O5/c1-6-8-14-29(15-9-7-2)20-17-23(32-4)21(24(18-20)33-5)11-13-26-28(3)22-12-10-19(27(30)31)16-25(22)34-26/h10-13,16-18H,6-9,14-15H2,1-5H3. The number of hydrogen-bond donors (Lipinski definition) is 0. The van der Waals surface area contributed by atoms with E-state index in [1.165, 1.54) is 12.1 Å². The van der Waals surface area contributed by atoms with E-state index in [9.17, 15) is 9.90 Å². The molecule has 0 aliphatic carbocycles. The summed E-state index contributed by atoms with van der Waals surface area (Å²) in [6.45, 7) is 6.37. The minimum absolute atomic E-state index is 0.0759. The lowest BCUT2D eigenvalue weighted by molar-refractivity contribution is -0.651. The van der Waals surface area contributed by atoms with Gasteiger partial charge in [-0.05, 0) is 31.1 Å². The van der Waals surface area contributed by atoms with Crippen LogP contribution >= 0.6 is 0 Å². The van der Waals surface area contributed by atoms with E-state index in [1.54, 1.807) is 20.3 Å². The summed E-state index contributed by atoms with van der Waals surface area (Å²) in [5, 5.41) is 11.2. The quantitative estimate of drug-likeness (QED) is 0.372. The second-order valence-corrected chi connectivity index (χ2v) is 8.26. The highest BCUT2D eigenvalue weighted by Crippen LogP contribution is 2.36. The third kappa shape index (κ3) is 5.53. The number of hydrogen-bond acceptors (Lipinski definition) is 6. The van der Waals surface area contributed by atoms with Crippen molar-refractivity contribution in [2.75, 3.05) is 32.2 Å². The first kappa shape index (κ1) is 25.1. The number of carbonyl (C=O) groups is 1. The topological polar surface area (TPSA) is 78.8 Å². The zero-order valence-electron chi connectivity index (χ0n) is 20.7. The predicted molar refractivity (Wildman–Crippen MR) is 132 cm³/mol. The maximum Gasteiger partial charge on any atom is 0.373 e. The molecule has 1 aromatic heterocycles. The SMILES string of the molecule is CCCCN(CCCC)c1cc(OC)c(/C=C/c2oc3cc(C(=O)[O-])ccc3[n+]2C)c(OC)c1. The van der Waals surface area contributed by atoms with Gasteiger partial charge in [0, 0.05) is 42.5 Å². The molecule has 2 aromatic carbocycles. The Morgan fingerprint density at radius 2 is 1.65 bits per heavy atom. The normalized spacial score (nSPS) is 11.3. The molecule has 0 radical (unpaired) electrons. The number of aromatic nitrogens is 1. The van der Waals surface area contributed by atoms with Gasteiger partial charge < -0.3 is 28.7 Å². The molecule has 182 valence electrons. The Bertz CT molecular complexity index is 1130. The molecular formula is C27H34N2O5. The molecule has 0 aliphatic rings. The molecule has 7 heteroatoms. The zero-order chi connectivity index (χ0) is 24.7. The van der Waals surface area contributed by atoms with Crippen molar-refractivity contribution in [3.05, 3.63) is 47.3 Å². The Hall–Kier alpha value is -3.48. The molecule has 1 heterocycles. The van der Waals surface area contributed by atoms with E-state index in [-0.39, 0.29) is 5.56 Å². The molecule has 0 N–H and O–H groups in total. The van der Waals surface area contributed by atoms with Crippen molar-refractivity contribution in [3.63, 3.8) is 0 Å². The molecule has 0 atom stereocenters. The van der Waals surface area contributed by atoms with Gasteiger partial charge in [-0.3, -0.25) is 0 Å². The number of carboxylic acid groups (broad SMARTS) is 1. The molecule has 0 saturated carbocycles. The number of ether oxygens (including phenoxy) is 2. The number of rotatable bonds is 12. The van der Waals surface area contributed by atoms with Gasteiger partial charge in [0.1, 0.15) is 18.5 Å². The van der Waals surface area contributed by atoms with Crippen LogP contribution in [0.25, 0.3) is 23.3 Å². The highest BCUT2D eigenvalue weighted by Gasteiger charge is 2.19. The smallest absolute Gasteiger partial charge is 0.373 e. The van der Waals surface area contributed by atoms with E-state index >= 15 is 0 Å². The summed E-state index contributed by atoms with van der Waals surface area (Å²) in [7, 11) is 5.17. The number of aromatic carboxylic acids is 1. The van der Waals surface area contributed by atoms with E-state index in [1.807, 2.05) is 23.8 Å². The predicted octanol–water partition coefficient (Wildman–Crippen LogP) is 4.22. The molecule has 0 fully saturated rings. The van der Waals surface area contributed by atoms with Gasteiger partial charge in [0.25, 0.3) is 5.52 Å². The number of anilines is 1. The van der Waals surface area contributed by atoms with Crippen LogP contribution in [0.3, 0.4) is 0 Å². The van der Waals surface area contributed by atoms with Gasteiger partial charge in [-0.1, -0.05) is 26.7 Å². The molecule has 0 unspecified atom stereocenters. The van der Waals surface area contributed by atoms with Crippen LogP contribution in [0.15, 0.2) is 34.7 Å². The van der Waals surface area contributed by atoms with Crippen LogP contribution < -0.4 is 24.0 Å². The van der Waals surface area contributed by atoms with E-state index < -0.39 is 5.97 Å². The van der Waals surface area contributed by atoms with E-state index in [0.717, 1.165) is 55.5 Å². The number of unbranched alkanes of at least 4 members (excludes halogenated alkanes) is 2. The highest BCUT2D eigenvalue weighted by atomic mass is 16.5. The third-order valence-electron chi connectivity index (χ3n) is 5.95. The fourth-order valence-electron chi connectivity index (χ4n) is 3.94. The molecule has 34 heavy (non-hydrogen) atoms. The largest absolute Gasteiger partial charge is 0.545 e. The van der Waals surface area contributed by atoms with Crippen molar-refractivity contribution >= 4 is 34.9 Å². The summed E-state index contributed by atoms with van der Waals surface area (Å²) >= 11 is 0. The molecule has 3 aromatic rings. The van der Waals surface area contributed by atoms with Crippen molar-refractivity contribution in [2.24, 2.45) is 7.05 Å². The third-order valence-corrected chi connectivity index (χ3v) is 5.95. The number of nitrogens with zero attached hydrogens (tertiary/aromatic N) is 2. The van der Waals surface area contributed by atoms with Gasteiger partial charge in [0.2, 0.25) is 5.58 Å². The van der Waals surface area contributed by atoms with E-state index in [4.69, 9.17) is 13.9 Å². The van der Waals surface area contributed by atoms with E-state index in [0.29, 0.717) is 23.0 Å². The first-order chi connectivity index (χ1) is 16.4. The van der Waals surface area contributed by atoms with Gasteiger partial charge in [0.15, 0.2) is 0 Å². The molecule has 0 aliphatic heterocycles. The lowest BCUT2D eigenvalue weighted by atomic mass is 10.1. The summed E-state index contributed by atoms with van der Waals surface area (Å²) < 4.78 is 19.2. The second kappa shape index (κ2) is 11.6. The summed E-state index contributed by atoms with van der Waals surface area (Å²) in [5.41, 5.74) is 3.21. The molecular weight excluding hydrogens is 432 g/mol. The fraction of sp³-hybridized carbons (Fsp3) is 0.407. The van der Waals surface area contributed by atoms with Crippen molar-refractivity contribution in [1.29, 1.82) is 0 Å². The molecule has 0 spiro atoms. The van der Waals surface area contributed by atoms with Crippen LogP contribution in [-0.2, 0) is 7.05 Å². The number of methoxy groups -OCH3 is 2. The van der Waals surface area contributed by atoms with Crippen molar-refractivity contribution in [1.82, 2.24) is 0 Å². The number of aryl methyl sites for hydroxylation is 1. The average molecular weight is 467 g/mol. The number of benzene rings is 2. The van der Waals surface area contributed by atoms with Gasteiger partial charge in [-0.2, -0.15) is 4.57 Å². The van der Waals surface area contributed by atoms with Gasteiger partial charge in [0.05, 0.1) is 31.8 Å². The van der Waals surface area contributed by atoms with Crippen molar-refractivity contribution in [3.8, 4) is 11.5 Å². The van der Waals surface area contributed by atoms with Gasteiger partial charge in [-0.25, -0.2) is 0 Å². The first-order valence-corrected chi connectivity index (χ1v) is 11.8. The summed E-state index contributed by atoms with van der Waals surface area (Å²) in [6, 6.07) is 8.79. The number of oxazole rings is 1. The summed E-state index contributed by atoms with van der Waals surface area (Å²) in [6.07, 6.45) is 8.23. The fourth-order valence-corrected chi connectivity index (χ4v) is 3.94. The minimum Gasteiger partial charge on any atom is -0.545 e. The van der Waals surface area contributed by atoms with Crippen molar-refractivity contribution < 1.29 is 28.4 Å². The number of carboxylic acids is 1. The Labute approximate surface area is 201 Å². The van der Waals surface area contributed by atoms with Crippen molar-refractivity contribution in [2.45, 2.75) is 39.5 Å². The summed E-state index contributed by atoms with van der Waals surface area (Å²) in [4.78, 5) is 13.6. The molecule has 0 amide bonds.